The zero-order valence-corrected chi connectivity index (χ0v) is 16.7. The van der Waals surface area contributed by atoms with Crippen molar-refractivity contribution >= 4 is 39.5 Å². The normalized spacial score (nSPS) is 10.5. The quantitative estimate of drug-likeness (QED) is 0.547. The highest BCUT2D eigenvalue weighted by molar-refractivity contribution is 9.10. The molecule has 0 spiro atoms. The van der Waals surface area contributed by atoms with Gasteiger partial charge in [0.05, 0.1) is 24.9 Å². The van der Waals surface area contributed by atoms with Gasteiger partial charge in [-0.3, -0.25) is 0 Å². The van der Waals surface area contributed by atoms with Crippen LogP contribution < -0.4 is 0 Å². The Labute approximate surface area is 168 Å². The van der Waals surface area contributed by atoms with Crippen molar-refractivity contribution in [3.8, 4) is 16.9 Å². The number of halogens is 2. The molecular weight excluding hydrogens is 436 g/mol. The molecule has 1 aromatic heterocycles. The number of esters is 2. The third-order valence-corrected chi connectivity index (χ3v) is 5.06. The molecule has 0 aliphatic heterocycles. The van der Waals surface area contributed by atoms with Crippen molar-refractivity contribution in [3.05, 3.63) is 69.3 Å². The number of carbonyl (C=O) groups is 2. The molecule has 6 nitrogen and oxygen atoms in total. The number of hydrogen-bond acceptors (Lipinski definition) is 5. The Balaban J connectivity index is 2.36. The molecule has 0 bridgehead atoms. The van der Waals surface area contributed by atoms with E-state index >= 15 is 0 Å². The van der Waals surface area contributed by atoms with Crippen molar-refractivity contribution in [3.63, 3.8) is 0 Å². The lowest BCUT2D eigenvalue weighted by atomic mass is 10.1. The first-order chi connectivity index (χ1) is 13.0. The smallest absolute Gasteiger partial charge is 0.357 e. The van der Waals surface area contributed by atoms with Crippen LogP contribution in [0.15, 0.2) is 53.0 Å². The van der Waals surface area contributed by atoms with Gasteiger partial charge in [0.25, 0.3) is 0 Å². The van der Waals surface area contributed by atoms with E-state index in [2.05, 4.69) is 21.0 Å². The summed E-state index contributed by atoms with van der Waals surface area (Å²) in [6.07, 6.45) is 0. The first kappa shape index (κ1) is 19.1. The van der Waals surface area contributed by atoms with E-state index in [0.717, 1.165) is 0 Å². The van der Waals surface area contributed by atoms with E-state index in [1.54, 1.807) is 42.5 Å². The monoisotopic (exact) mass is 448 g/mol. The van der Waals surface area contributed by atoms with Gasteiger partial charge in [-0.15, -0.1) is 0 Å². The summed E-state index contributed by atoms with van der Waals surface area (Å²) in [5, 5.41) is 5.02. The minimum Gasteiger partial charge on any atom is -0.465 e. The molecule has 0 fully saturated rings. The number of hydrogen-bond donors (Lipinski definition) is 0. The van der Waals surface area contributed by atoms with E-state index in [0.29, 0.717) is 20.7 Å². The number of nitrogens with zero attached hydrogens (tertiary/aromatic N) is 2. The average molecular weight is 450 g/mol. The van der Waals surface area contributed by atoms with Gasteiger partial charge in [0.1, 0.15) is 11.3 Å². The Morgan fingerprint density at radius 1 is 1.04 bits per heavy atom. The minimum atomic E-state index is -0.703. The summed E-state index contributed by atoms with van der Waals surface area (Å²) < 4.78 is 11.8. The summed E-state index contributed by atoms with van der Waals surface area (Å²) in [5.74, 6) is -1.40. The fourth-order valence-corrected chi connectivity index (χ4v) is 3.10. The summed E-state index contributed by atoms with van der Waals surface area (Å²) >= 11 is 9.43. The number of carbonyl (C=O) groups excluding carboxylic acids is 2. The molecule has 8 heteroatoms. The first-order valence-electron chi connectivity index (χ1n) is 7.78. The lowest BCUT2D eigenvalue weighted by molar-refractivity contribution is 0.0549. The largest absolute Gasteiger partial charge is 0.465 e. The summed E-state index contributed by atoms with van der Waals surface area (Å²) in [6, 6.07) is 14.1. The molecular formula is C19H14BrClN2O4. The van der Waals surface area contributed by atoms with Crippen molar-refractivity contribution in [1.29, 1.82) is 0 Å². The molecule has 0 aliphatic carbocycles. The zero-order chi connectivity index (χ0) is 19.6. The summed E-state index contributed by atoms with van der Waals surface area (Å²) in [6.45, 7) is 0. The van der Waals surface area contributed by atoms with Gasteiger partial charge in [0, 0.05) is 10.0 Å². The molecule has 0 amide bonds. The number of ether oxygens (including phenoxy) is 2. The van der Waals surface area contributed by atoms with Crippen molar-refractivity contribution < 1.29 is 19.1 Å². The van der Waals surface area contributed by atoms with Crippen molar-refractivity contribution in [2.75, 3.05) is 14.2 Å². The van der Waals surface area contributed by atoms with Gasteiger partial charge in [-0.25, -0.2) is 14.3 Å². The van der Waals surface area contributed by atoms with Crippen LogP contribution in [0.25, 0.3) is 16.9 Å². The summed E-state index contributed by atoms with van der Waals surface area (Å²) in [5.41, 5.74) is 1.47. The molecule has 0 atom stereocenters. The van der Waals surface area contributed by atoms with Crippen LogP contribution in [-0.2, 0) is 9.47 Å². The molecule has 0 saturated carbocycles. The van der Waals surface area contributed by atoms with Crippen LogP contribution in [0, 0.1) is 0 Å². The fourth-order valence-electron chi connectivity index (χ4n) is 2.60. The maximum absolute atomic E-state index is 12.5. The van der Waals surface area contributed by atoms with Gasteiger partial charge in [-0.1, -0.05) is 35.9 Å². The Kier molecular flexibility index (Phi) is 5.62. The topological polar surface area (TPSA) is 70.4 Å². The van der Waals surface area contributed by atoms with E-state index in [1.165, 1.54) is 18.9 Å². The molecule has 0 N–H and O–H groups in total. The Morgan fingerprint density at radius 3 is 2.30 bits per heavy atom. The highest BCUT2D eigenvalue weighted by Gasteiger charge is 2.31. The van der Waals surface area contributed by atoms with E-state index in [1.807, 2.05) is 6.07 Å². The van der Waals surface area contributed by atoms with Gasteiger partial charge in [-0.05, 0) is 40.2 Å². The van der Waals surface area contributed by atoms with E-state index in [-0.39, 0.29) is 17.0 Å². The Morgan fingerprint density at radius 2 is 1.70 bits per heavy atom. The second-order valence-electron chi connectivity index (χ2n) is 5.43. The molecule has 1 heterocycles. The van der Waals surface area contributed by atoms with Gasteiger partial charge in [-0.2, -0.15) is 5.10 Å². The van der Waals surface area contributed by atoms with Crippen LogP contribution >= 0.6 is 27.5 Å². The molecule has 3 rings (SSSR count). The number of benzene rings is 2. The average Bonchev–Trinajstić information content (AvgIpc) is 3.10. The molecule has 0 unspecified atom stereocenters. The van der Waals surface area contributed by atoms with Crippen molar-refractivity contribution in [1.82, 2.24) is 9.78 Å². The van der Waals surface area contributed by atoms with Crippen molar-refractivity contribution in [2.45, 2.75) is 0 Å². The predicted molar refractivity (Wildman–Crippen MR) is 104 cm³/mol. The number of methoxy groups -OCH3 is 2. The predicted octanol–water partition coefficient (Wildman–Crippen LogP) is 4.53. The molecule has 138 valence electrons. The summed E-state index contributed by atoms with van der Waals surface area (Å²) in [7, 11) is 2.48. The van der Waals surface area contributed by atoms with Gasteiger partial charge >= 0.3 is 11.9 Å². The van der Waals surface area contributed by atoms with Crippen LogP contribution in [0.1, 0.15) is 20.8 Å². The van der Waals surface area contributed by atoms with Crippen molar-refractivity contribution in [2.24, 2.45) is 0 Å². The fraction of sp³-hybridized carbons (Fsp3) is 0.105. The number of para-hydroxylation sites is 1. The van der Waals surface area contributed by atoms with E-state index in [9.17, 15) is 9.59 Å². The second-order valence-corrected chi connectivity index (χ2v) is 6.69. The van der Waals surface area contributed by atoms with Crippen LogP contribution in [0.4, 0.5) is 0 Å². The Hall–Kier alpha value is -2.64. The molecule has 0 radical (unpaired) electrons. The van der Waals surface area contributed by atoms with Gasteiger partial charge in [0.15, 0.2) is 5.69 Å². The third-order valence-electron chi connectivity index (χ3n) is 3.85. The maximum atomic E-state index is 12.5. The highest BCUT2D eigenvalue weighted by atomic mass is 79.9. The Bertz CT molecular complexity index is 1020. The van der Waals surface area contributed by atoms with Gasteiger partial charge in [0.2, 0.25) is 0 Å². The van der Waals surface area contributed by atoms with Gasteiger partial charge < -0.3 is 9.47 Å². The van der Waals surface area contributed by atoms with Crippen LogP contribution in [0.2, 0.25) is 5.02 Å². The zero-order valence-electron chi connectivity index (χ0n) is 14.4. The molecule has 27 heavy (non-hydrogen) atoms. The highest BCUT2D eigenvalue weighted by Crippen LogP contribution is 2.33. The lowest BCUT2D eigenvalue weighted by Gasteiger charge is -2.07. The lowest BCUT2D eigenvalue weighted by Crippen LogP contribution is -2.15. The first-order valence-corrected chi connectivity index (χ1v) is 8.95. The molecule has 3 aromatic rings. The van der Waals surface area contributed by atoms with E-state index in [4.69, 9.17) is 21.1 Å². The third kappa shape index (κ3) is 3.61. The standard InChI is InChI=1S/C19H14BrClN2O4/c1-26-18(24)15-16(11-8-9-14(21)13(20)10-11)22-23(17(15)19(25)27-2)12-6-4-3-5-7-12/h3-10H,1-2H3. The van der Waals surface area contributed by atoms with E-state index < -0.39 is 11.9 Å². The molecule has 0 aliphatic rings. The molecule has 0 saturated heterocycles. The number of rotatable bonds is 4. The van der Waals surface area contributed by atoms with Crippen LogP contribution in [0.3, 0.4) is 0 Å². The maximum Gasteiger partial charge on any atom is 0.357 e. The minimum absolute atomic E-state index is 0.0161. The number of aromatic nitrogens is 2. The van der Waals surface area contributed by atoms with Crippen LogP contribution in [-0.4, -0.2) is 35.9 Å². The SMILES string of the molecule is COC(=O)c1c(-c2ccc(Cl)c(Br)c2)nn(-c2ccccc2)c1C(=O)OC. The van der Waals surface area contributed by atoms with Crippen LogP contribution in [0.5, 0.6) is 0 Å². The summed E-state index contributed by atoms with van der Waals surface area (Å²) in [4.78, 5) is 25.0. The second kappa shape index (κ2) is 7.94. The molecule has 2 aromatic carbocycles.